The number of furan rings is 1. The van der Waals surface area contributed by atoms with Crippen molar-refractivity contribution in [2.45, 2.75) is 24.9 Å². The molecule has 2 aliphatic rings. The van der Waals surface area contributed by atoms with E-state index in [4.69, 9.17) is 9.15 Å². The van der Waals surface area contributed by atoms with Crippen LogP contribution in [0.4, 0.5) is 11.4 Å². The lowest BCUT2D eigenvalue weighted by molar-refractivity contribution is -0.136. The highest BCUT2D eigenvalue weighted by molar-refractivity contribution is 6.25. The van der Waals surface area contributed by atoms with Crippen LogP contribution in [-0.2, 0) is 23.9 Å². The minimum Gasteiger partial charge on any atom is -0.459 e. The zero-order valence-electron chi connectivity index (χ0n) is 35.1. The summed E-state index contributed by atoms with van der Waals surface area (Å²) in [6.07, 6.45) is 4.47. The van der Waals surface area contributed by atoms with E-state index in [2.05, 4.69) is 26.3 Å². The lowest BCUT2D eigenvalue weighted by Crippen LogP contribution is -2.54. The molecule has 8 rings (SSSR count). The summed E-state index contributed by atoms with van der Waals surface area (Å²) in [5, 5.41) is 10.6. The van der Waals surface area contributed by atoms with Crippen molar-refractivity contribution >= 4 is 52.7 Å². The average Bonchev–Trinajstić information content (AvgIpc) is 3.98. The molecule has 2 aliphatic heterocycles. The average molecular weight is 876 g/mol. The predicted octanol–water partition coefficient (Wildman–Crippen LogP) is 5.18. The van der Waals surface area contributed by atoms with Gasteiger partial charge in [0.05, 0.1) is 37.1 Å². The largest absolute Gasteiger partial charge is 0.459 e. The molecule has 1 unspecified atom stereocenters. The molecule has 4 aromatic carbocycles. The number of carbonyl (C=O) groups is 7. The van der Waals surface area contributed by atoms with Crippen LogP contribution in [0.15, 0.2) is 157 Å². The number of hydrogen-bond donors (Lipinski definition) is 4. The second-order valence-corrected chi connectivity index (χ2v) is 14.7. The van der Waals surface area contributed by atoms with E-state index in [1.54, 1.807) is 48.7 Å². The van der Waals surface area contributed by atoms with Gasteiger partial charge in [0.1, 0.15) is 12.1 Å². The molecule has 0 spiro atoms. The number of carbonyl (C=O) groups excluding carboxylic acids is 7. The van der Waals surface area contributed by atoms with Crippen LogP contribution < -0.4 is 26.2 Å². The van der Waals surface area contributed by atoms with E-state index in [-0.39, 0.29) is 56.0 Å². The number of amides is 7. The second-order valence-electron chi connectivity index (χ2n) is 14.7. The van der Waals surface area contributed by atoms with E-state index in [1.807, 2.05) is 78.9 Å². The Morgan fingerprint density at radius 1 is 0.769 bits per heavy atom. The molecule has 2 atom stereocenters. The number of hydrogen-bond acceptors (Lipinski definition) is 11. The fraction of sp³-hybridized carbons (Fsp3) is 0.184. The molecule has 4 N–H and O–H groups in total. The maximum absolute atomic E-state index is 14.0. The van der Waals surface area contributed by atoms with Gasteiger partial charge in [0.2, 0.25) is 23.6 Å². The maximum atomic E-state index is 14.0. The van der Waals surface area contributed by atoms with Gasteiger partial charge in [-0.3, -0.25) is 53.7 Å². The van der Waals surface area contributed by atoms with Crippen molar-refractivity contribution in [1.82, 2.24) is 25.8 Å². The van der Waals surface area contributed by atoms with Crippen LogP contribution in [0.2, 0.25) is 0 Å². The zero-order chi connectivity index (χ0) is 45.5. The molecule has 0 radical (unpaired) electrons. The summed E-state index contributed by atoms with van der Waals surface area (Å²) >= 11 is 0. The van der Waals surface area contributed by atoms with Crippen LogP contribution in [0.1, 0.15) is 55.7 Å². The Morgan fingerprint density at radius 2 is 1.48 bits per heavy atom. The van der Waals surface area contributed by atoms with Crippen LogP contribution >= 0.6 is 0 Å². The second kappa shape index (κ2) is 21.7. The van der Waals surface area contributed by atoms with Crippen molar-refractivity contribution in [2.75, 3.05) is 43.1 Å². The third-order valence-electron chi connectivity index (χ3n) is 10.4. The smallest absolute Gasteiger partial charge is 0.294 e. The topological polar surface area (TPSA) is 209 Å². The number of imide groups is 2. The quantitative estimate of drug-likeness (QED) is 0.0736. The van der Waals surface area contributed by atoms with Gasteiger partial charge in [0.15, 0.2) is 5.76 Å². The molecule has 0 aliphatic carbocycles. The molecule has 330 valence electrons. The first kappa shape index (κ1) is 44.8. The molecule has 6 aromatic rings. The molecule has 16 heteroatoms. The molecule has 0 saturated carbocycles. The number of fused-ring (bicyclic) bond motifs is 1. The fourth-order valence-electron chi connectivity index (χ4n) is 7.30. The van der Waals surface area contributed by atoms with Crippen molar-refractivity contribution in [3.63, 3.8) is 0 Å². The Labute approximate surface area is 374 Å². The Hall–Kier alpha value is -8.24. The lowest BCUT2D eigenvalue weighted by atomic mass is 10.0. The van der Waals surface area contributed by atoms with Gasteiger partial charge in [0.25, 0.3) is 17.7 Å². The summed E-state index contributed by atoms with van der Waals surface area (Å²) in [4.78, 5) is 97.6. The van der Waals surface area contributed by atoms with Gasteiger partial charge < -0.3 is 25.1 Å². The number of aromatic nitrogens is 1. The van der Waals surface area contributed by atoms with E-state index in [9.17, 15) is 33.6 Å². The summed E-state index contributed by atoms with van der Waals surface area (Å²) < 4.78 is 11.1. The number of pyridine rings is 1. The van der Waals surface area contributed by atoms with E-state index in [0.717, 1.165) is 16.0 Å². The Bertz CT molecular complexity index is 2580. The molecule has 16 nitrogen and oxygen atoms in total. The molecule has 4 heterocycles. The van der Waals surface area contributed by atoms with Crippen molar-refractivity contribution < 1.29 is 42.7 Å². The monoisotopic (exact) mass is 875 g/mol. The van der Waals surface area contributed by atoms with Crippen LogP contribution in [0, 0.1) is 0 Å². The van der Waals surface area contributed by atoms with Gasteiger partial charge in [-0.25, -0.2) is 0 Å². The lowest BCUT2D eigenvalue weighted by Gasteiger charge is -2.30. The summed E-state index contributed by atoms with van der Waals surface area (Å²) in [6.45, 7) is 0.269. The Kier molecular flexibility index (Phi) is 15.0. The minimum atomic E-state index is -1.23. The molecular weight excluding hydrogens is 831 g/mol. The van der Waals surface area contributed by atoms with Crippen LogP contribution in [0.25, 0.3) is 11.1 Å². The van der Waals surface area contributed by atoms with Gasteiger partial charge in [0, 0.05) is 48.8 Å². The number of rotatable bonds is 16. The molecule has 7 amide bonds. The summed E-state index contributed by atoms with van der Waals surface area (Å²) in [7, 11) is 0. The third-order valence-corrected chi connectivity index (χ3v) is 10.4. The molecule has 2 aromatic heterocycles. The van der Waals surface area contributed by atoms with Gasteiger partial charge in [-0.05, 0) is 60.0 Å². The van der Waals surface area contributed by atoms with Crippen molar-refractivity contribution in [2.24, 2.45) is 0 Å². The molecular formula is C49H45N7O9. The van der Waals surface area contributed by atoms with Crippen LogP contribution in [0.3, 0.4) is 0 Å². The van der Waals surface area contributed by atoms with Crippen molar-refractivity contribution in [1.29, 1.82) is 0 Å². The third kappa shape index (κ3) is 11.1. The van der Waals surface area contributed by atoms with Gasteiger partial charge in [-0.2, -0.15) is 0 Å². The fourth-order valence-corrected chi connectivity index (χ4v) is 7.30. The SMILES string of the molecule is O=C(CNC(=O)[C@@H](c1cccnc1)N(C(=O)c1ccco1)c1ccc(-c2ccccc2)cc1)NCCOCCNc1cccc2c1C(=O)N(C1CCC(=O)NC1=O)C2=O.c1ccccc1. The number of nitrogens with one attached hydrogen (secondary N) is 4. The van der Waals surface area contributed by atoms with Gasteiger partial charge >= 0.3 is 0 Å². The summed E-state index contributed by atoms with van der Waals surface area (Å²) in [6, 6.07) is 37.8. The Balaban J connectivity index is 0.000000970. The van der Waals surface area contributed by atoms with E-state index >= 15 is 0 Å². The number of piperidine rings is 1. The molecule has 1 fully saturated rings. The van der Waals surface area contributed by atoms with Gasteiger partial charge in [-0.1, -0.05) is 91.0 Å². The van der Waals surface area contributed by atoms with E-state index < -0.39 is 60.0 Å². The standard InChI is InChI=1S/C43H39N7O9.C6H6/c51-35-18-17-33(39(53)48-35)50-41(55)31-10-4-11-32(37(31)43(50)57)45-20-23-58-24-21-46-36(52)26-47-40(54)38(29-9-5-19-44-25-29)49(42(56)34-12-6-22-59-34)30-15-13-28(14-16-30)27-7-2-1-3-8-27;1-2-4-6-5-3-1/h1-16,19,22,25,33,38,45H,17-18,20-21,23-24,26H2,(H,46,52)(H,47,54)(H,48,51,53);1-6H/t33?,38-;/m1./s1. The molecule has 1 saturated heterocycles. The van der Waals surface area contributed by atoms with Gasteiger partial charge in [-0.15, -0.1) is 0 Å². The molecule has 65 heavy (non-hydrogen) atoms. The predicted molar refractivity (Wildman–Crippen MR) is 239 cm³/mol. The highest BCUT2D eigenvalue weighted by Crippen LogP contribution is 2.33. The van der Waals surface area contributed by atoms with Crippen molar-refractivity contribution in [3.8, 4) is 11.1 Å². The number of nitrogens with zero attached hydrogens (tertiary/aromatic N) is 3. The van der Waals surface area contributed by atoms with Crippen molar-refractivity contribution in [3.05, 3.63) is 175 Å². The zero-order valence-corrected chi connectivity index (χ0v) is 35.1. The summed E-state index contributed by atoms with van der Waals surface area (Å²) in [5.41, 5.74) is 3.39. The minimum absolute atomic E-state index is 0.0134. The first-order valence-electron chi connectivity index (χ1n) is 20.8. The van der Waals surface area contributed by atoms with E-state index in [1.165, 1.54) is 29.5 Å². The normalized spacial score (nSPS) is 14.6. The van der Waals surface area contributed by atoms with Crippen LogP contribution in [-0.4, -0.2) is 90.1 Å². The highest BCUT2D eigenvalue weighted by Gasteiger charge is 2.45. The Morgan fingerprint density at radius 3 is 2.15 bits per heavy atom. The van der Waals surface area contributed by atoms with Crippen LogP contribution in [0.5, 0.6) is 0 Å². The molecule has 0 bridgehead atoms. The number of anilines is 2. The first-order valence-corrected chi connectivity index (χ1v) is 20.8. The highest BCUT2D eigenvalue weighted by atomic mass is 16.5. The first-order chi connectivity index (χ1) is 31.7. The van der Waals surface area contributed by atoms with E-state index in [0.29, 0.717) is 16.9 Å². The number of benzene rings is 4. The maximum Gasteiger partial charge on any atom is 0.294 e. The summed E-state index contributed by atoms with van der Waals surface area (Å²) in [5.74, 6) is -4.06. The number of ether oxygens (including phenoxy) is 1.